The molecule has 154 valence electrons. The predicted octanol–water partition coefficient (Wildman–Crippen LogP) is 3.99. The van der Waals surface area contributed by atoms with Gasteiger partial charge >= 0.3 is 0 Å². The summed E-state index contributed by atoms with van der Waals surface area (Å²) in [6, 6.07) is 6.01. The Hall–Kier alpha value is -2.63. The van der Waals surface area contributed by atoms with Crippen molar-refractivity contribution < 1.29 is 9.21 Å². The van der Waals surface area contributed by atoms with E-state index in [2.05, 4.69) is 30.7 Å². The normalized spacial score (nSPS) is 22.0. The second-order valence-electron chi connectivity index (χ2n) is 8.59. The van der Waals surface area contributed by atoms with E-state index in [0.29, 0.717) is 30.8 Å². The molecule has 0 N–H and O–H groups in total. The number of aromatic nitrogens is 2. The van der Waals surface area contributed by atoms with Crippen molar-refractivity contribution in [1.29, 1.82) is 0 Å². The number of aryl methyl sites for hydroxylation is 1. The highest BCUT2D eigenvalue weighted by Crippen LogP contribution is 2.47. The molecule has 1 saturated carbocycles. The number of carbonyl (C=O) groups excluding carboxylic acids is 1. The summed E-state index contributed by atoms with van der Waals surface area (Å²) in [4.78, 5) is 25.9. The molecule has 4 rings (SSSR count). The molecule has 1 aliphatic heterocycles. The molecule has 2 atom stereocenters. The summed E-state index contributed by atoms with van der Waals surface area (Å²) in [5, 5.41) is 0. The highest BCUT2D eigenvalue weighted by molar-refractivity contribution is 5.91. The first kappa shape index (κ1) is 19.7. The topological polar surface area (TPSA) is 62.5 Å². The Morgan fingerprint density at radius 3 is 2.59 bits per heavy atom. The summed E-state index contributed by atoms with van der Waals surface area (Å²) >= 11 is 0. The van der Waals surface area contributed by atoms with Gasteiger partial charge in [-0.25, -0.2) is 9.97 Å². The molecular formula is C23H30N4O2. The van der Waals surface area contributed by atoms with Crippen LogP contribution in [-0.2, 0) is 4.79 Å². The fourth-order valence-electron chi connectivity index (χ4n) is 3.79. The van der Waals surface area contributed by atoms with Gasteiger partial charge in [0.15, 0.2) is 0 Å². The second-order valence-corrected chi connectivity index (χ2v) is 8.59. The summed E-state index contributed by atoms with van der Waals surface area (Å²) in [6.45, 7) is 11.4. The lowest BCUT2D eigenvalue weighted by atomic mass is 10.2. The van der Waals surface area contributed by atoms with Crippen molar-refractivity contribution >= 4 is 17.8 Å². The molecule has 2 aliphatic rings. The predicted molar refractivity (Wildman–Crippen MR) is 114 cm³/mol. The number of anilines is 1. The van der Waals surface area contributed by atoms with E-state index < -0.39 is 0 Å². The summed E-state index contributed by atoms with van der Waals surface area (Å²) < 4.78 is 5.85. The van der Waals surface area contributed by atoms with Crippen molar-refractivity contribution in [3.8, 4) is 0 Å². The van der Waals surface area contributed by atoms with Gasteiger partial charge in [0.05, 0.1) is 0 Å². The van der Waals surface area contributed by atoms with Crippen molar-refractivity contribution in [2.24, 2.45) is 5.92 Å². The first-order chi connectivity index (χ1) is 13.9. The third kappa shape index (κ3) is 4.52. The van der Waals surface area contributed by atoms with Crippen molar-refractivity contribution in [3.63, 3.8) is 0 Å². The quantitative estimate of drug-likeness (QED) is 0.718. The molecule has 2 aromatic rings. The molecule has 2 fully saturated rings. The average molecular weight is 395 g/mol. The van der Waals surface area contributed by atoms with Crippen LogP contribution in [0.25, 0.3) is 6.08 Å². The van der Waals surface area contributed by atoms with Crippen LogP contribution < -0.4 is 4.90 Å². The van der Waals surface area contributed by atoms with E-state index in [-0.39, 0.29) is 5.91 Å². The first-order valence-electron chi connectivity index (χ1n) is 10.6. The van der Waals surface area contributed by atoms with E-state index in [1.54, 1.807) is 12.2 Å². The maximum Gasteiger partial charge on any atom is 0.246 e. The van der Waals surface area contributed by atoms with Gasteiger partial charge in [-0.3, -0.25) is 4.79 Å². The fourth-order valence-corrected chi connectivity index (χ4v) is 3.79. The number of hydrogen-bond acceptors (Lipinski definition) is 5. The standard InChI is InChI=1S/C23H30N4O2/c1-15(2)23-24-17(4)14-21(25-23)26-9-11-27(12-10-26)22(28)8-6-18-5-7-20(29-18)19-13-16(19)3/h5-8,14-16,19H,9-13H2,1-4H3. The fraction of sp³-hybridized carbons (Fsp3) is 0.522. The average Bonchev–Trinajstić information content (AvgIpc) is 3.25. The molecule has 0 bridgehead atoms. The molecule has 3 heterocycles. The van der Waals surface area contributed by atoms with Crippen LogP contribution in [-0.4, -0.2) is 47.0 Å². The van der Waals surface area contributed by atoms with E-state index in [4.69, 9.17) is 9.40 Å². The zero-order valence-electron chi connectivity index (χ0n) is 17.8. The molecule has 0 radical (unpaired) electrons. The van der Waals surface area contributed by atoms with Crippen molar-refractivity contribution in [2.45, 2.75) is 46.0 Å². The smallest absolute Gasteiger partial charge is 0.246 e. The highest BCUT2D eigenvalue weighted by Gasteiger charge is 2.36. The maximum atomic E-state index is 12.6. The van der Waals surface area contributed by atoms with E-state index in [0.717, 1.165) is 41.9 Å². The largest absolute Gasteiger partial charge is 0.461 e. The van der Waals surface area contributed by atoms with E-state index >= 15 is 0 Å². The summed E-state index contributed by atoms with van der Waals surface area (Å²) in [5.74, 6) is 5.23. The Bertz CT molecular complexity index is 909. The Labute approximate surface area is 172 Å². The Morgan fingerprint density at radius 2 is 1.93 bits per heavy atom. The van der Waals surface area contributed by atoms with Gasteiger partial charge < -0.3 is 14.2 Å². The molecule has 1 amide bonds. The van der Waals surface area contributed by atoms with E-state index in [1.807, 2.05) is 30.0 Å². The van der Waals surface area contributed by atoms with E-state index in [9.17, 15) is 4.79 Å². The second kappa shape index (κ2) is 8.01. The van der Waals surface area contributed by atoms with Gasteiger partial charge in [0.25, 0.3) is 0 Å². The number of hydrogen-bond donors (Lipinski definition) is 0. The van der Waals surface area contributed by atoms with Crippen LogP contribution in [0.1, 0.15) is 62.1 Å². The van der Waals surface area contributed by atoms with Gasteiger partial charge in [-0.05, 0) is 37.5 Å². The van der Waals surface area contributed by atoms with Crippen molar-refractivity contribution in [1.82, 2.24) is 14.9 Å². The molecule has 1 aliphatic carbocycles. The third-order valence-corrected chi connectivity index (χ3v) is 5.80. The monoisotopic (exact) mass is 394 g/mol. The summed E-state index contributed by atoms with van der Waals surface area (Å²) in [7, 11) is 0. The number of piperazine rings is 1. The zero-order chi connectivity index (χ0) is 20.5. The Morgan fingerprint density at radius 1 is 1.21 bits per heavy atom. The van der Waals surface area contributed by atoms with Crippen LogP contribution in [0.3, 0.4) is 0 Å². The van der Waals surface area contributed by atoms with Crippen molar-refractivity contribution in [3.05, 3.63) is 47.3 Å². The third-order valence-electron chi connectivity index (χ3n) is 5.80. The minimum Gasteiger partial charge on any atom is -0.461 e. The molecule has 0 spiro atoms. The lowest BCUT2D eigenvalue weighted by Gasteiger charge is -2.35. The molecule has 1 saturated heterocycles. The van der Waals surface area contributed by atoms with E-state index in [1.165, 1.54) is 6.42 Å². The molecule has 2 unspecified atom stereocenters. The molecule has 6 heteroatoms. The molecule has 0 aromatic carbocycles. The van der Waals surface area contributed by atoms with Gasteiger partial charge in [0.2, 0.25) is 5.91 Å². The number of amides is 1. The molecule has 6 nitrogen and oxygen atoms in total. The van der Waals surface area contributed by atoms with Crippen LogP contribution in [0.2, 0.25) is 0 Å². The zero-order valence-corrected chi connectivity index (χ0v) is 17.8. The highest BCUT2D eigenvalue weighted by atomic mass is 16.3. The summed E-state index contributed by atoms with van der Waals surface area (Å²) in [6.07, 6.45) is 4.61. The Balaban J connectivity index is 1.33. The van der Waals surface area contributed by atoms with Gasteiger partial charge in [-0.15, -0.1) is 0 Å². The number of nitrogens with zero attached hydrogens (tertiary/aromatic N) is 4. The molecular weight excluding hydrogens is 364 g/mol. The Kier molecular flexibility index (Phi) is 5.43. The summed E-state index contributed by atoms with van der Waals surface area (Å²) in [5.41, 5.74) is 0.985. The number of furan rings is 1. The first-order valence-corrected chi connectivity index (χ1v) is 10.6. The van der Waals surface area contributed by atoms with Gasteiger partial charge in [-0.1, -0.05) is 20.8 Å². The van der Waals surface area contributed by atoms with Gasteiger partial charge in [-0.2, -0.15) is 0 Å². The molecule has 29 heavy (non-hydrogen) atoms. The van der Waals surface area contributed by atoms with Crippen LogP contribution in [0.5, 0.6) is 0 Å². The molecule has 2 aromatic heterocycles. The van der Waals surface area contributed by atoms with Crippen LogP contribution in [0.15, 0.2) is 28.7 Å². The maximum absolute atomic E-state index is 12.6. The van der Waals surface area contributed by atoms with Gasteiger partial charge in [0, 0.05) is 55.9 Å². The van der Waals surface area contributed by atoms with Gasteiger partial charge in [0.1, 0.15) is 23.2 Å². The van der Waals surface area contributed by atoms with Crippen LogP contribution in [0.4, 0.5) is 5.82 Å². The minimum atomic E-state index is 0.0316. The number of carbonyl (C=O) groups is 1. The van der Waals surface area contributed by atoms with Crippen molar-refractivity contribution in [2.75, 3.05) is 31.1 Å². The SMILES string of the molecule is Cc1cc(N2CCN(C(=O)C=Cc3ccc(C4CC4C)o3)CC2)nc(C(C)C)n1. The lowest BCUT2D eigenvalue weighted by molar-refractivity contribution is -0.126. The minimum absolute atomic E-state index is 0.0316. The lowest BCUT2D eigenvalue weighted by Crippen LogP contribution is -2.48. The van der Waals surface area contributed by atoms with Crippen LogP contribution >= 0.6 is 0 Å². The number of rotatable bonds is 5. The van der Waals surface area contributed by atoms with Crippen LogP contribution in [0, 0.1) is 12.8 Å².